The molecule has 0 saturated carbocycles. The van der Waals surface area contributed by atoms with Gasteiger partial charge in [-0.25, -0.2) is 0 Å². The lowest BCUT2D eigenvalue weighted by Crippen LogP contribution is -2.28. The van der Waals surface area contributed by atoms with Gasteiger partial charge in [0.2, 0.25) is 0 Å². The second-order valence-electron chi connectivity index (χ2n) is 5.29. The first-order chi connectivity index (χ1) is 11.5. The van der Waals surface area contributed by atoms with Crippen molar-refractivity contribution in [2.24, 2.45) is 0 Å². The van der Waals surface area contributed by atoms with Gasteiger partial charge in [-0.15, -0.1) is 0 Å². The zero-order chi connectivity index (χ0) is 17.5. The summed E-state index contributed by atoms with van der Waals surface area (Å²) in [6.45, 7) is 1.17. The Hall–Kier alpha value is -2.60. The Labute approximate surface area is 145 Å². The highest BCUT2D eigenvalue weighted by Crippen LogP contribution is 2.22. The monoisotopic (exact) mass is 347 g/mol. The molecule has 0 unspecified atom stereocenters. The molecule has 1 amide bonds. The van der Waals surface area contributed by atoms with E-state index in [9.17, 15) is 14.9 Å². The predicted octanol–water partition coefficient (Wildman–Crippen LogP) is 3.50. The maximum Gasteiger partial charge on any atom is 0.282 e. The Kier molecular flexibility index (Phi) is 6.14. The van der Waals surface area contributed by atoms with E-state index < -0.39 is 10.8 Å². The fraction of sp³-hybridized carbons (Fsp3) is 0.235. The van der Waals surface area contributed by atoms with Gasteiger partial charge >= 0.3 is 0 Å². The van der Waals surface area contributed by atoms with E-state index in [1.807, 2.05) is 37.4 Å². The van der Waals surface area contributed by atoms with Gasteiger partial charge in [0.1, 0.15) is 5.56 Å². The number of carbonyl (C=O) groups excluding carboxylic acids is 1. The third-order valence-electron chi connectivity index (χ3n) is 3.55. The summed E-state index contributed by atoms with van der Waals surface area (Å²) in [4.78, 5) is 24.6. The highest BCUT2D eigenvalue weighted by Gasteiger charge is 2.20. The molecule has 7 heteroatoms. The number of nitro benzene ring substituents is 1. The zero-order valence-electron chi connectivity index (χ0n) is 13.2. The van der Waals surface area contributed by atoms with Crippen LogP contribution in [-0.2, 0) is 0 Å². The van der Waals surface area contributed by atoms with E-state index in [1.165, 1.54) is 18.2 Å². The maximum absolute atomic E-state index is 12.1. The summed E-state index contributed by atoms with van der Waals surface area (Å²) in [6.07, 6.45) is 0.714. The molecule has 0 atom stereocenters. The van der Waals surface area contributed by atoms with Gasteiger partial charge in [-0.05, 0) is 30.7 Å². The number of hydrogen-bond donors (Lipinski definition) is 1. The van der Waals surface area contributed by atoms with E-state index in [1.54, 1.807) is 0 Å². The van der Waals surface area contributed by atoms with E-state index in [0.717, 1.165) is 12.2 Å². The third kappa shape index (κ3) is 4.70. The first-order valence-corrected chi connectivity index (χ1v) is 7.85. The minimum absolute atomic E-state index is 0.0242. The molecule has 2 rings (SSSR count). The second kappa shape index (κ2) is 8.31. The van der Waals surface area contributed by atoms with Gasteiger partial charge in [0.25, 0.3) is 11.6 Å². The van der Waals surface area contributed by atoms with E-state index in [4.69, 9.17) is 11.6 Å². The first kappa shape index (κ1) is 17.7. The van der Waals surface area contributed by atoms with Crippen molar-refractivity contribution < 1.29 is 9.72 Å². The van der Waals surface area contributed by atoms with E-state index in [0.29, 0.717) is 13.0 Å². The van der Waals surface area contributed by atoms with Crippen molar-refractivity contribution in [1.29, 1.82) is 0 Å². The van der Waals surface area contributed by atoms with Crippen molar-refractivity contribution in [2.45, 2.75) is 6.42 Å². The highest BCUT2D eigenvalue weighted by atomic mass is 35.5. The molecule has 0 aliphatic carbocycles. The van der Waals surface area contributed by atoms with E-state index >= 15 is 0 Å². The SMILES string of the molecule is CN(CCCNC(=O)c1cc(Cl)ccc1[N+](=O)[O-])c1ccccc1. The summed E-state index contributed by atoms with van der Waals surface area (Å²) in [6, 6.07) is 13.8. The predicted molar refractivity (Wildman–Crippen MR) is 94.8 cm³/mol. The van der Waals surface area contributed by atoms with Crippen LogP contribution in [0.2, 0.25) is 5.02 Å². The van der Waals surface area contributed by atoms with E-state index in [-0.39, 0.29) is 16.3 Å². The van der Waals surface area contributed by atoms with Gasteiger partial charge in [0.15, 0.2) is 0 Å². The minimum Gasteiger partial charge on any atom is -0.375 e. The number of nitrogens with zero attached hydrogens (tertiary/aromatic N) is 2. The largest absolute Gasteiger partial charge is 0.375 e. The number of para-hydroxylation sites is 1. The Morgan fingerprint density at radius 1 is 1.25 bits per heavy atom. The number of anilines is 1. The number of hydrogen-bond acceptors (Lipinski definition) is 4. The Balaban J connectivity index is 1.88. The molecule has 2 aromatic carbocycles. The van der Waals surface area contributed by atoms with Crippen LogP contribution in [0.5, 0.6) is 0 Å². The molecule has 2 aromatic rings. The van der Waals surface area contributed by atoms with Crippen LogP contribution in [-0.4, -0.2) is 31.0 Å². The smallest absolute Gasteiger partial charge is 0.282 e. The van der Waals surface area contributed by atoms with Crippen LogP contribution in [0.15, 0.2) is 48.5 Å². The molecule has 0 aliphatic heterocycles. The van der Waals surface area contributed by atoms with Crippen LogP contribution in [0.25, 0.3) is 0 Å². The van der Waals surface area contributed by atoms with Crippen LogP contribution in [0, 0.1) is 10.1 Å². The van der Waals surface area contributed by atoms with E-state index in [2.05, 4.69) is 10.2 Å². The van der Waals surface area contributed by atoms with Crippen molar-refractivity contribution in [2.75, 3.05) is 25.0 Å². The summed E-state index contributed by atoms with van der Waals surface area (Å²) in [5.74, 6) is -0.494. The fourth-order valence-corrected chi connectivity index (χ4v) is 2.45. The van der Waals surface area contributed by atoms with Gasteiger partial charge in [-0.1, -0.05) is 29.8 Å². The minimum atomic E-state index is -0.589. The quantitative estimate of drug-likeness (QED) is 0.472. The number of halogens is 1. The number of amides is 1. The van der Waals surface area contributed by atoms with Gasteiger partial charge < -0.3 is 10.2 Å². The summed E-state index contributed by atoms with van der Waals surface area (Å²) < 4.78 is 0. The van der Waals surface area contributed by atoms with Gasteiger partial charge in [-0.2, -0.15) is 0 Å². The molecular formula is C17H18ClN3O3. The molecule has 0 bridgehead atoms. The van der Waals surface area contributed by atoms with Gasteiger partial charge in [0.05, 0.1) is 4.92 Å². The summed E-state index contributed by atoms with van der Waals surface area (Å²) in [5.41, 5.74) is 0.816. The molecule has 24 heavy (non-hydrogen) atoms. The molecule has 1 N–H and O–H groups in total. The Morgan fingerprint density at radius 2 is 1.96 bits per heavy atom. The molecule has 0 saturated heterocycles. The van der Waals surface area contributed by atoms with Crippen LogP contribution < -0.4 is 10.2 Å². The lowest BCUT2D eigenvalue weighted by molar-refractivity contribution is -0.385. The van der Waals surface area contributed by atoms with Crippen LogP contribution in [0.1, 0.15) is 16.8 Å². The molecule has 0 radical (unpaired) electrons. The van der Waals surface area contributed by atoms with Gasteiger partial charge in [-0.3, -0.25) is 14.9 Å². The lowest BCUT2D eigenvalue weighted by atomic mass is 10.1. The van der Waals surface area contributed by atoms with Gasteiger partial charge in [0, 0.05) is 36.9 Å². The first-order valence-electron chi connectivity index (χ1n) is 7.47. The van der Waals surface area contributed by atoms with Crippen LogP contribution in [0.4, 0.5) is 11.4 Å². The third-order valence-corrected chi connectivity index (χ3v) is 3.79. The highest BCUT2D eigenvalue weighted by molar-refractivity contribution is 6.31. The summed E-state index contributed by atoms with van der Waals surface area (Å²) >= 11 is 5.83. The maximum atomic E-state index is 12.1. The Bertz CT molecular complexity index is 722. The molecular weight excluding hydrogens is 330 g/mol. The topological polar surface area (TPSA) is 75.5 Å². The van der Waals surface area contributed by atoms with Crippen LogP contribution in [0.3, 0.4) is 0 Å². The average Bonchev–Trinajstić information content (AvgIpc) is 2.58. The number of rotatable bonds is 7. The number of carbonyl (C=O) groups is 1. The average molecular weight is 348 g/mol. The lowest BCUT2D eigenvalue weighted by Gasteiger charge is -2.19. The number of benzene rings is 2. The van der Waals surface area contributed by atoms with Crippen molar-refractivity contribution in [3.8, 4) is 0 Å². The van der Waals surface area contributed by atoms with Crippen molar-refractivity contribution in [3.05, 3.63) is 69.2 Å². The molecule has 0 heterocycles. The molecule has 6 nitrogen and oxygen atoms in total. The number of nitro groups is 1. The zero-order valence-corrected chi connectivity index (χ0v) is 14.0. The standard InChI is InChI=1S/C17H18ClN3O3/c1-20(14-6-3-2-4-7-14)11-5-10-19-17(22)15-12-13(18)8-9-16(15)21(23)24/h2-4,6-9,12H,5,10-11H2,1H3,(H,19,22). The number of nitrogens with one attached hydrogen (secondary N) is 1. The summed E-state index contributed by atoms with van der Waals surface area (Å²) in [5, 5.41) is 14.0. The van der Waals surface area contributed by atoms with Crippen LogP contribution >= 0.6 is 11.6 Å². The molecule has 0 aliphatic rings. The molecule has 0 spiro atoms. The van der Waals surface area contributed by atoms with Crippen molar-refractivity contribution in [3.63, 3.8) is 0 Å². The van der Waals surface area contributed by atoms with Crippen molar-refractivity contribution >= 4 is 28.9 Å². The fourth-order valence-electron chi connectivity index (χ4n) is 2.27. The molecule has 0 aromatic heterocycles. The molecule has 0 fully saturated rings. The normalized spacial score (nSPS) is 10.2. The second-order valence-corrected chi connectivity index (χ2v) is 5.72. The van der Waals surface area contributed by atoms with Crippen molar-refractivity contribution in [1.82, 2.24) is 5.32 Å². The molecule has 126 valence electrons. The summed E-state index contributed by atoms with van der Waals surface area (Å²) in [7, 11) is 1.97. The Morgan fingerprint density at radius 3 is 2.62 bits per heavy atom.